The van der Waals surface area contributed by atoms with E-state index in [4.69, 9.17) is 5.11 Å². The van der Waals surface area contributed by atoms with E-state index in [1.807, 2.05) is 0 Å². The normalized spacial score (nSPS) is 11.8. The van der Waals surface area contributed by atoms with Gasteiger partial charge >= 0.3 is 5.97 Å². The van der Waals surface area contributed by atoms with Gasteiger partial charge in [-0.25, -0.2) is 4.79 Å². The van der Waals surface area contributed by atoms with Crippen LogP contribution in [0, 0.1) is 0 Å². The topological polar surface area (TPSA) is 130 Å². The third-order valence-electron chi connectivity index (χ3n) is 3.11. The first-order chi connectivity index (χ1) is 9.90. The molecule has 0 saturated heterocycles. The number of carboxylic acids is 1. The molecule has 8 nitrogen and oxygen atoms in total. The van der Waals surface area contributed by atoms with E-state index in [9.17, 15) is 24.0 Å². The highest BCUT2D eigenvalue weighted by Gasteiger charge is 2.24. The van der Waals surface area contributed by atoms with Crippen LogP contribution >= 0.6 is 0 Å². The Morgan fingerprint density at radius 1 is 0.810 bits per heavy atom. The first-order valence-corrected chi connectivity index (χ1v) is 5.73. The third-order valence-corrected chi connectivity index (χ3v) is 3.11. The summed E-state index contributed by atoms with van der Waals surface area (Å²) in [5, 5.41) is 14.0. The van der Waals surface area contributed by atoms with E-state index >= 15 is 0 Å². The van der Waals surface area contributed by atoms with Crippen LogP contribution in [-0.2, 0) is 0 Å². The lowest BCUT2D eigenvalue weighted by atomic mass is 10.1. The van der Waals surface area contributed by atoms with Gasteiger partial charge in [0.05, 0.1) is 16.9 Å². The molecular formula is C13H6N2O6. The number of aromatic carboxylic acids is 1. The van der Waals surface area contributed by atoms with Gasteiger partial charge in [0.2, 0.25) is 0 Å². The summed E-state index contributed by atoms with van der Waals surface area (Å²) >= 11 is 0. The van der Waals surface area contributed by atoms with E-state index in [0.717, 1.165) is 0 Å². The monoisotopic (exact) mass is 286 g/mol. The molecule has 3 rings (SSSR count). The van der Waals surface area contributed by atoms with Gasteiger partial charge in [0.15, 0.2) is 0 Å². The van der Waals surface area contributed by atoms with E-state index in [0.29, 0.717) is 5.69 Å². The number of hydrogen-bond acceptors (Lipinski definition) is 7. The fourth-order valence-electron chi connectivity index (χ4n) is 2.06. The number of carbonyl (C=O) groups is 1. The standard InChI is InChI=1S/C13H6N2O6/c16-9-7-8(10(17)12(19)11(9)18)15-6-3-4(13(20)21)1-2-5(6)14-7/h1-3,14-15H,(H,20,21). The van der Waals surface area contributed by atoms with E-state index in [-0.39, 0.29) is 22.6 Å². The van der Waals surface area contributed by atoms with Gasteiger partial charge in [0, 0.05) is 0 Å². The van der Waals surface area contributed by atoms with Gasteiger partial charge in [-0.05, 0) is 18.2 Å². The van der Waals surface area contributed by atoms with Crippen LogP contribution in [0.1, 0.15) is 10.4 Å². The molecule has 0 radical (unpaired) electrons. The Morgan fingerprint density at radius 3 is 1.86 bits per heavy atom. The number of benzene rings is 2. The molecule has 2 aromatic carbocycles. The van der Waals surface area contributed by atoms with Crippen molar-refractivity contribution in [3.63, 3.8) is 0 Å². The second kappa shape index (κ2) is 4.10. The van der Waals surface area contributed by atoms with Crippen molar-refractivity contribution in [2.45, 2.75) is 0 Å². The molecule has 0 unspecified atom stereocenters. The maximum atomic E-state index is 11.7. The van der Waals surface area contributed by atoms with Crippen molar-refractivity contribution < 1.29 is 9.90 Å². The fourth-order valence-corrected chi connectivity index (χ4v) is 2.06. The number of hydrogen-bond donors (Lipinski definition) is 3. The van der Waals surface area contributed by atoms with E-state index in [1.165, 1.54) is 18.2 Å². The van der Waals surface area contributed by atoms with E-state index in [1.54, 1.807) is 0 Å². The van der Waals surface area contributed by atoms with Crippen molar-refractivity contribution in [3.05, 3.63) is 64.7 Å². The summed E-state index contributed by atoms with van der Waals surface area (Å²) in [4.78, 5) is 57.1. The van der Waals surface area contributed by atoms with Gasteiger partial charge in [0.1, 0.15) is 11.4 Å². The summed E-state index contributed by atoms with van der Waals surface area (Å²) in [6, 6.07) is 3.92. The second-order valence-electron chi connectivity index (χ2n) is 4.38. The molecule has 0 bridgehead atoms. The summed E-state index contributed by atoms with van der Waals surface area (Å²) in [5.74, 6) is -1.17. The van der Waals surface area contributed by atoms with Crippen LogP contribution in [0.4, 0.5) is 22.7 Å². The van der Waals surface area contributed by atoms with Crippen molar-refractivity contribution in [3.8, 4) is 0 Å². The Balaban J connectivity index is 2.27. The molecule has 0 fully saturated rings. The first kappa shape index (κ1) is 12.7. The van der Waals surface area contributed by atoms with Crippen LogP contribution in [0.2, 0.25) is 0 Å². The summed E-state index contributed by atoms with van der Waals surface area (Å²) in [5.41, 5.74) is -5.18. The molecule has 1 heterocycles. The van der Waals surface area contributed by atoms with Gasteiger partial charge in [-0.2, -0.15) is 0 Å². The maximum Gasteiger partial charge on any atom is 0.335 e. The molecule has 0 aromatic heterocycles. The van der Waals surface area contributed by atoms with Gasteiger partial charge < -0.3 is 15.7 Å². The van der Waals surface area contributed by atoms with Gasteiger partial charge in [-0.3, -0.25) is 19.2 Å². The highest BCUT2D eigenvalue weighted by atomic mass is 16.4. The Hall–Kier alpha value is -3.29. The Bertz CT molecular complexity index is 1000. The van der Waals surface area contributed by atoms with Gasteiger partial charge in [-0.1, -0.05) is 0 Å². The van der Waals surface area contributed by atoms with Crippen molar-refractivity contribution in [1.29, 1.82) is 0 Å². The zero-order chi connectivity index (χ0) is 15.3. The zero-order valence-electron chi connectivity index (χ0n) is 10.2. The van der Waals surface area contributed by atoms with E-state index < -0.39 is 27.7 Å². The molecular weight excluding hydrogens is 280 g/mol. The molecule has 0 atom stereocenters. The highest BCUT2D eigenvalue weighted by Crippen LogP contribution is 2.34. The average molecular weight is 286 g/mol. The number of nitrogens with one attached hydrogen (secondary N) is 2. The molecule has 0 spiro atoms. The van der Waals surface area contributed by atoms with Crippen molar-refractivity contribution in [2.24, 2.45) is 0 Å². The number of carboxylic acid groups (broad SMARTS) is 1. The molecule has 104 valence electrons. The minimum Gasteiger partial charge on any atom is -0.478 e. The van der Waals surface area contributed by atoms with Crippen LogP contribution in [0.5, 0.6) is 0 Å². The van der Waals surface area contributed by atoms with E-state index in [2.05, 4.69) is 10.6 Å². The lowest BCUT2D eigenvalue weighted by molar-refractivity contribution is 0.0697. The highest BCUT2D eigenvalue weighted by molar-refractivity contribution is 5.95. The van der Waals surface area contributed by atoms with Gasteiger partial charge in [-0.15, -0.1) is 0 Å². The Kier molecular flexibility index (Phi) is 2.49. The minimum absolute atomic E-state index is 0.0379. The van der Waals surface area contributed by atoms with Crippen LogP contribution in [0.3, 0.4) is 0 Å². The molecule has 2 aromatic rings. The number of anilines is 4. The Morgan fingerprint density at radius 2 is 1.33 bits per heavy atom. The Labute approximate surface area is 115 Å². The molecule has 1 aliphatic heterocycles. The molecule has 0 saturated carbocycles. The lowest BCUT2D eigenvalue weighted by Crippen LogP contribution is -2.48. The summed E-state index contributed by atoms with van der Waals surface area (Å²) < 4.78 is 0. The third kappa shape index (κ3) is 1.73. The summed E-state index contributed by atoms with van der Waals surface area (Å²) in [6.07, 6.45) is 0. The predicted octanol–water partition coefficient (Wildman–Crippen LogP) is -0.498. The molecule has 0 amide bonds. The molecule has 21 heavy (non-hydrogen) atoms. The maximum absolute atomic E-state index is 11.7. The van der Waals surface area contributed by atoms with Gasteiger partial charge in [0.25, 0.3) is 21.7 Å². The minimum atomic E-state index is -1.41. The molecule has 0 aliphatic carbocycles. The molecule has 8 heteroatoms. The lowest BCUT2D eigenvalue weighted by Gasteiger charge is -2.21. The number of fused-ring (bicyclic) bond motifs is 2. The van der Waals surface area contributed by atoms with Crippen molar-refractivity contribution in [1.82, 2.24) is 0 Å². The zero-order valence-corrected chi connectivity index (χ0v) is 10.2. The molecule has 1 aliphatic rings. The SMILES string of the molecule is O=C(O)c1ccc2c(c1)Nc1c(c(=O)c(=O)c(=O)c1=O)N2. The average Bonchev–Trinajstić information content (AvgIpc) is 2.48. The largest absolute Gasteiger partial charge is 0.478 e. The molecule has 3 N–H and O–H groups in total. The fraction of sp³-hybridized carbons (Fsp3) is 0. The summed E-state index contributed by atoms with van der Waals surface area (Å²) in [6.45, 7) is 0. The van der Waals surface area contributed by atoms with Crippen LogP contribution in [0.25, 0.3) is 0 Å². The quantitative estimate of drug-likeness (QED) is 0.510. The first-order valence-electron chi connectivity index (χ1n) is 5.73. The predicted molar refractivity (Wildman–Crippen MR) is 73.9 cm³/mol. The van der Waals surface area contributed by atoms with Crippen LogP contribution in [-0.4, -0.2) is 11.1 Å². The van der Waals surface area contributed by atoms with Crippen molar-refractivity contribution in [2.75, 3.05) is 10.6 Å². The second-order valence-corrected chi connectivity index (χ2v) is 4.38. The number of rotatable bonds is 1. The van der Waals surface area contributed by atoms with Crippen LogP contribution < -0.4 is 32.3 Å². The van der Waals surface area contributed by atoms with Crippen molar-refractivity contribution >= 4 is 28.7 Å². The smallest absolute Gasteiger partial charge is 0.335 e. The summed E-state index contributed by atoms with van der Waals surface area (Å²) in [7, 11) is 0. The van der Waals surface area contributed by atoms with Crippen LogP contribution in [0.15, 0.2) is 37.4 Å².